The normalized spacial score (nSPS) is 10.5. The van der Waals surface area contributed by atoms with Gasteiger partial charge in [0, 0.05) is 12.6 Å². The molecule has 0 aliphatic rings. The Morgan fingerprint density at radius 3 is 2.95 bits per heavy atom. The van der Waals surface area contributed by atoms with Gasteiger partial charge in [-0.2, -0.15) is 0 Å². The zero-order valence-corrected chi connectivity index (χ0v) is 11.1. The van der Waals surface area contributed by atoms with Crippen LogP contribution in [0, 0.1) is 11.6 Å². The third-order valence-corrected chi connectivity index (χ3v) is 3.09. The monoisotopic (exact) mass is 285 g/mol. The van der Waals surface area contributed by atoms with Crippen molar-refractivity contribution in [1.29, 1.82) is 0 Å². The van der Waals surface area contributed by atoms with Crippen LogP contribution in [0.4, 0.5) is 13.9 Å². The van der Waals surface area contributed by atoms with Crippen molar-refractivity contribution in [1.82, 2.24) is 10.2 Å². The molecule has 1 N–H and O–H groups in total. The van der Waals surface area contributed by atoms with Crippen LogP contribution in [0.2, 0.25) is 0 Å². The molecule has 102 valence electrons. The molecule has 1 heterocycles. The lowest BCUT2D eigenvalue weighted by molar-refractivity contribution is 0.287. The SMILES string of the molecule is CCCNc1nnc(COc2cc(F)ccc2F)s1. The van der Waals surface area contributed by atoms with Crippen molar-refractivity contribution < 1.29 is 13.5 Å². The second kappa shape index (κ2) is 6.42. The Balaban J connectivity index is 1.94. The first kappa shape index (κ1) is 13.7. The lowest BCUT2D eigenvalue weighted by Crippen LogP contribution is -1.98. The first-order valence-electron chi connectivity index (χ1n) is 5.83. The summed E-state index contributed by atoms with van der Waals surface area (Å²) in [5.41, 5.74) is 0. The van der Waals surface area contributed by atoms with Crippen molar-refractivity contribution >= 4 is 16.5 Å². The Labute approximate surface area is 113 Å². The Morgan fingerprint density at radius 1 is 1.32 bits per heavy atom. The number of anilines is 1. The predicted molar refractivity (Wildman–Crippen MR) is 69.4 cm³/mol. The van der Waals surface area contributed by atoms with E-state index in [-0.39, 0.29) is 12.4 Å². The van der Waals surface area contributed by atoms with E-state index in [4.69, 9.17) is 4.74 Å². The fraction of sp³-hybridized carbons (Fsp3) is 0.333. The number of hydrogen-bond acceptors (Lipinski definition) is 5. The molecule has 19 heavy (non-hydrogen) atoms. The largest absolute Gasteiger partial charge is 0.483 e. The number of halogens is 2. The fourth-order valence-corrected chi connectivity index (χ4v) is 2.02. The van der Waals surface area contributed by atoms with Gasteiger partial charge in [-0.25, -0.2) is 8.78 Å². The van der Waals surface area contributed by atoms with E-state index >= 15 is 0 Å². The highest BCUT2D eigenvalue weighted by Crippen LogP contribution is 2.21. The minimum absolute atomic E-state index is 0.0614. The van der Waals surface area contributed by atoms with E-state index < -0.39 is 11.6 Å². The zero-order valence-electron chi connectivity index (χ0n) is 10.3. The van der Waals surface area contributed by atoms with Gasteiger partial charge in [-0.15, -0.1) is 10.2 Å². The smallest absolute Gasteiger partial charge is 0.205 e. The molecule has 2 rings (SSSR count). The van der Waals surface area contributed by atoms with E-state index in [1.807, 2.05) is 6.92 Å². The van der Waals surface area contributed by atoms with E-state index in [9.17, 15) is 8.78 Å². The maximum atomic E-state index is 13.3. The highest BCUT2D eigenvalue weighted by atomic mass is 32.1. The molecule has 0 fully saturated rings. The third-order valence-electron chi connectivity index (χ3n) is 2.24. The van der Waals surface area contributed by atoms with Crippen molar-refractivity contribution in [2.75, 3.05) is 11.9 Å². The van der Waals surface area contributed by atoms with E-state index in [1.54, 1.807) is 0 Å². The van der Waals surface area contributed by atoms with E-state index in [1.165, 1.54) is 11.3 Å². The van der Waals surface area contributed by atoms with Gasteiger partial charge in [-0.05, 0) is 18.6 Å². The molecule has 0 saturated heterocycles. The molecule has 0 saturated carbocycles. The molecule has 0 aliphatic heterocycles. The zero-order chi connectivity index (χ0) is 13.7. The molecule has 2 aromatic rings. The number of nitrogens with zero attached hydrogens (tertiary/aromatic N) is 2. The van der Waals surface area contributed by atoms with E-state index in [2.05, 4.69) is 15.5 Å². The maximum absolute atomic E-state index is 13.3. The summed E-state index contributed by atoms with van der Waals surface area (Å²) in [6, 6.07) is 3.07. The summed E-state index contributed by atoms with van der Waals surface area (Å²) >= 11 is 1.33. The van der Waals surface area contributed by atoms with Crippen molar-refractivity contribution in [2.24, 2.45) is 0 Å². The van der Waals surface area contributed by atoms with Crippen molar-refractivity contribution in [2.45, 2.75) is 20.0 Å². The van der Waals surface area contributed by atoms with Gasteiger partial charge in [0.05, 0.1) is 0 Å². The molecule has 4 nitrogen and oxygen atoms in total. The number of rotatable bonds is 6. The molecule has 0 radical (unpaired) electrons. The van der Waals surface area contributed by atoms with E-state index in [0.717, 1.165) is 31.2 Å². The first-order chi connectivity index (χ1) is 9.19. The number of benzene rings is 1. The summed E-state index contributed by atoms with van der Waals surface area (Å²) in [7, 11) is 0. The standard InChI is InChI=1S/C12H13F2N3OS/c1-2-5-15-12-17-16-11(19-12)7-18-10-6-8(13)3-4-9(10)14/h3-4,6H,2,5,7H2,1H3,(H,15,17). The van der Waals surface area contributed by atoms with E-state index in [0.29, 0.717) is 10.1 Å². The van der Waals surface area contributed by atoms with Crippen LogP contribution in [0.5, 0.6) is 5.75 Å². The molecular weight excluding hydrogens is 272 g/mol. The van der Waals surface area contributed by atoms with Crippen LogP contribution < -0.4 is 10.1 Å². The molecule has 0 amide bonds. The van der Waals surface area contributed by atoms with Crippen molar-refractivity contribution in [3.05, 3.63) is 34.8 Å². The summed E-state index contributed by atoms with van der Waals surface area (Å²) in [6.45, 7) is 2.92. The number of hydrogen-bond donors (Lipinski definition) is 1. The van der Waals surface area contributed by atoms with Crippen LogP contribution in [0.3, 0.4) is 0 Å². The minimum Gasteiger partial charge on any atom is -0.483 e. The summed E-state index contributed by atoms with van der Waals surface area (Å²) < 4.78 is 31.4. The van der Waals surface area contributed by atoms with Crippen LogP contribution in [-0.4, -0.2) is 16.7 Å². The lowest BCUT2D eigenvalue weighted by Gasteiger charge is -2.04. The quantitative estimate of drug-likeness (QED) is 0.885. The number of aromatic nitrogens is 2. The van der Waals surface area contributed by atoms with Crippen LogP contribution >= 0.6 is 11.3 Å². The second-order valence-corrected chi connectivity index (χ2v) is 4.85. The fourth-order valence-electron chi connectivity index (χ4n) is 1.34. The van der Waals surface area contributed by atoms with Gasteiger partial charge in [0.1, 0.15) is 12.4 Å². The van der Waals surface area contributed by atoms with Crippen LogP contribution in [0.25, 0.3) is 0 Å². The molecule has 1 aromatic carbocycles. The van der Waals surface area contributed by atoms with Crippen molar-refractivity contribution in [3.8, 4) is 5.75 Å². The van der Waals surface area contributed by atoms with Gasteiger partial charge < -0.3 is 10.1 Å². The molecule has 0 bridgehead atoms. The Kier molecular flexibility index (Phi) is 4.62. The summed E-state index contributed by atoms with van der Waals surface area (Å²) in [5.74, 6) is -1.27. The topological polar surface area (TPSA) is 47.0 Å². The third kappa shape index (κ3) is 3.85. The summed E-state index contributed by atoms with van der Waals surface area (Å²) in [4.78, 5) is 0. The Morgan fingerprint density at radius 2 is 2.16 bits per heavy atom. The van der Waals surface area contributed by atoms with Crippen LogP contribution in [-0.2, 0) is 6.61 Å². The Hall–Kier alpha value is -1.76. The van der Waals surface area contributed by atoms with Crippen LogP contribution in [0.1, 0.15) is 18.4 Å². The molecule has 1 aromatic heterocycles. The van der Waals surface area contributed by atoms with Gasteiger partial charge in [0.25, 0.3) is 0 Å². The van der Waals surface area contributed by atoms with Crippen LogP contribution in [0.15, 0.2) is 18.2 Å². The Bertz CT molecular complexity index is 548. The average Bonchev–Trinajstić information content (AvgIpc) is 2.85. The minimum atomic E-state index is -0.602. The van der Waals surface area contributed by atoms with Gasteiger partial charge in [0.15, 0.2) is 16.6 Å². The molecule has 7 heteroatoms. The lowest BCUT2D eigenvalue weighted by atomic mass is 10.3. The predicted octanol–water partition coefficient (Wildman–Crippen LogP) is 3.22. The maximum Gasteiger partial charge on any atom is 0.205 e. The second-order valence-electron chi connectivity index (χ2n) is 3.79. The number of ether oxygens (including phenoxy) is 1. The van der Waals surface area contributed by atoms with Gasteiger partial charge in [-0.3, -0.25) is 0 Å². The molecular formula is C12H13F2N3OS. The molecule has 0 spiro atoms. The van der Waals surface area contributed by atoms with Gasteiger partial charge in [-0.1, -0.05) is 18.3 Å². The average molecular weight is 285 g/mol. The highest BCUT2D eigenvalue weighted by molar-refractivity contribution is 7.15. The molecule has 0 atom stereocenters. The highest BCUT2D eigenvalue weighted by Gasteiger charge is 2.08. The van der Waals surface area contributed by atoms with Gasteiger partial charge in [0.2, 0.25) is 5.13 Å². The van der Waals surface area contributed by atoms with Crippen molar-refractivity contribution in [3.63, 3.8) is 0 Å². The summed E-state index contributed by atoms with van der Waals surface area (Å²) in [5, 5.41) is 12.2. The molecule has 0 aliphatic carbocycles. The number of nitrogens with one attached hydrogen (secondary N) is 1. The first-order valence-corrected chi connectivity index (χ1v) is 6.64. The van der Waals surface area contributed by atoms with Gasteiger partial charge >= 0.3 is 0 Å². The molecule has 0 unspecified atom stereocenters. The summed E-state index contributed by atoms with van der Waals surface area (Å²) in [6.07, 6.45) is 0.986.